The summed E-state index contributed by atoms with van der Waals surface area (Å²) in [5.41, 5.74) is 1.38. The third kappa shape index (κ3) is 3.12. The summed E-state index contributed by atoms with van der Waals surface area (Å²) in [7, 11) is 3.08. The van der Waals surface area contributed by atoms with Crippen molar-refractivity contribution in [3.8, 4) is 23.0 Å². The highest BCUT2D eigenvalue weighted by atomic mass is 16.5. The van der Waals surface area contributed by atoms with Crippen LogP contribution in [0.4, 0.5) is 5.82 Å². The topological polar surface area (TPSA) is 89.4 Å². The number of pyridine rings is 1. The van der Waals surface area contributed by atoms with E-state index < -0.39 is 0 Å². The number of methoxy groups -OCH3 is 2. The first-order chi connectivity index (χ1) is 9.78. The van der Waals surface area contributed by atoms with Gasteiger partial charge in [0.1, 0.15) is 5.82 Å². The Labute approximate surface area is 116 Å². The summed E-state index contributed by atoms with van der Waals surface area (Å²) < 4.78 is 10.3. The molecule has 0 aromatic carbocycles. The molecule has 0 amide bonds. The predicted octanol–water partition coefficient (Wildman–Crippen LogP) is 0.960. The van der Waals surface area contributed by atoms with E-state index in [9.17, 15) is 0 Å². The molecule has 0 radical (unpaired) electrons. The highest BCUT2D eigenvalue weighted by Gasteiger charge is 2.10. The van der Waals surface area contributed by atoms with Gasteiger partial charge in [0.05, 0.1) is 32.1 Å². The molecule has 0 spiro atoms. The minimum absolute atomic E-state index is 0.0413. The largest absolute Gasteiger partial charge is 0.481 e. The fourth-order valence-electron chi connectivity index (χ4n) is 1.64. The zero-order chi connectivity index (χ0) is 14.4. The van der Waals surface area contributed by atoms with Crippen molar-refractivity contribution in [3.63, 3.8) is 0 Å². The van der Waals surface area contributed by atoms with Gasteiger partial charge in [-0.15, -0.1) is 10.2 Å². The van der Waals surface area contributed by atoms with Gasteiger partial charge >= 0.3 is 0 Å². The van der Waals surface area contributed by atoms with E-state index in [2.05, 4.69) is 20.5 Å². The number of aromatic nitrogens is 3. The van der Waals surface area contributed by atoms with Gasteiger partial charge in [0.2, 0.25) is 11.8 Å². The van der Waals surface area contributed by atoms with Crippen molar-refractivity contribution in [3.05, 3.63) is 24.3 Å². The molecule has 2 heterocycles. The normalized spacial score (nSPS) is 10.2. The molecule has 2 N–H and O–H groups in total. The fraction of sp³-hybridized carbons (Fsp3) is 0.308. The monoisotopic (exact) mass is 276 g/mol. The van der Waals surface area contributed by atoms with Crippen LogP contribution in [-0.4, -0.2) is 47.7 Å². The molecule has 0 fully saturated rings. The molecule has 0 aliphatic heterocycles. The van der Waals surface area contributed by atoms with Gasteiger partial charge in [-0.1, -0.05) is 0 Å². The van der Waals surface area contributed by atoms with Gasteiger partial charge in [0, 0.05) is 12.6 Å². The van der Waals surface area contributed by atoms with Crippen molar-refractivity contribution in [1.82, 2.24) is 15.2 Å². The minimum Gasteiger partial charge on any atom is -0.481 e. The number of rotatable bonds is 6. The van der Waals surface area contributed by atoms with E-state index in [1.54, 1.807) is 25.3 Å². The van der Waals surface area contributed by atoms with Crippen molar-refractivity contribution in [2.24, 2.45) is 0 Å². The summed E-state index contributed by atoms with van der Waals surface area (Å²) in [4.78, 5) is 4.20. The van der Waals surface area contributed by atoms with E-state index in [1.807, 2.05) is 6.07 Å². The number of ether oxygens (including phenoxy) is 2. The molecule has 0 saturated carbocycles. The van der Waals surface area contributed by atoms with Crippen LogP contribution in [0.1, 0.15) is 0 Å². The van der Waals surface area contributed by atoms with Crippen LogP contribution in [0.15, 0.2) is 24.3 Å². The van der Waals surface area contributed by atoms with Crippen LogP contribution >= 0.6 is 0 Å². The van der Waals surface area contributed by atoms with Crippen molar-refractivity contribution in [2.45, 2.75) is 0 Å². The standard InChI is InChI=1S/C13H16N4O3/c1-19-12-6-3-9(13(15-12)20-2)10-4-5-11(17-16-10)14-7-8-18/h3-6,18H,7-8H2,1-2H3,(H,14,17). The summed E-state index contributed by atoms with van der Waals surface area (Å²) in [5, 5.41) is 19.8. The molecule has 2 aromatic rings. The van der Waals surface area contributed by atoms with E-state index >= 15 is 0 Å². The van der Waals surface area contributed by atoms with Crippen LogP contribution in [0.25, 0.3) is 11.3 Å². The van der Waals surface area contributed by atoms with Gasteiger partial charge in [-0.2, -0.15) is 4.98 Å². The smallest absolute Gasteiger partial charge is 0.226 e. The molecule has 2 rings (SSSR count). The number of aliphatic hydroxyl groups excluding tert-OH is 1. The molecule has 0 unspecified atom stereocenters. The van der Waals surface area contributed by atoms with Crippen molar-refractivity contribution in [1.29, 1.82) is 0 Å². The van der Waals surface area contributed by atoms with Gasteiger partial charge in [0.25, 0.3) is 0 Å². The average Bonchev–Trinajstić information content (AvgIpc) is 2.52. The van der Waals surface area contributed by atoms with E-state index in [0.717, 1.165) is 5.56 Å². The van der Waals surface area contributed by atoms with Crippen molar-refractivity contribution < 1.29 is 14.6 Å². The van der Waals surface area contributed by atoms with Crippen LogP contribution < -0.4 is 14.8 Å². The van der Waals surface area contributed by atoms with Gasteiger partial charge in [-0.3, -0.25) is 0 Å². The number of nitrogens with one attached hydrogen (secondary N) is 1. The summed E-state index contributed by atoms with van der Waals surface area (Å²) in [6.45, 7) is 0.473. The number of aliphatic hydroxyl groups is 1. The SMILES string of the molecule is COc1ccc(-c2ccc(NCCO)nn2)c(OC)n1. The highest BCUT2D eigenvalue weighted by molar-refractivity contribution is 5.65. The Bertz CT molecular complexity index is 560. The Morgan fingerprint density at radius 2 is 1.95 bits per heavy atom. The fourth-order valence-corrected chi connectivity index (χ4v) is 1.64. The van der Waals surface area contributed by atoms with Gasteiger partial charge in [-0.25, -0.2) is 0 Å². The summed E-state index contributed by atoms with van der Waals surface area (Å²) >= 11 is 0. The van der Waals surface area contributed by atoms with E-state index in [0.29, 0.717) is 29.8 Å². The van der Waals surface area contributed by atoms with Gasteiger partial charge < -0.3 is 19.9 Å². The molecular weight excluding hydrogens is 260 g/mol. The lowest BCUT2D eigenvalue weighted by atomic mass is 10.2. The Morgan fingerprint density at radius 3 is 2.55 bits per heavy atom. The maximum Gasteiger partial charge on any atom is 0.226 e. The zero-order valence-corrected chi connectivity index (χ0v) is 11.3. The van der Waals surface area contributed by atoms with Crippen LogP contribution in [0.2, 0.25) is 0 Å². The quantitative estimate of drug-likeness (QED) is 0.812. The first-order valence-electron chi connectivity index (χ1n) is 6.06. The van der Waals surface area contributed by atoms with Gasteiger partial charge in [0.15, 0.2) is 0 Å². The Hall–Kier alpha value is -2.41. The highest BCUT2D eigenvalue weighted by Crippen LogP contribution is 2.28. The molecule has 0 bridgehead atoms. The first kappa shape index (κ1) is 14.0. The molecule has 0 aliphatic rings. The van der Waals surface area contributed by atoms with Crippen LogP contribution in [0.5, 0.6) is 11.8 Å². The second kappa shape index (κ2) is 6.67. The van der Waals surface area contributed by atoms with E-state index in [4.69, 9.17) is 14.6 Å². The number of anilines is 1. The third-order valence-electron chi connectivity index (χ3n) is 2.60. The van der Waals surface area contributed by atoms with Gasteiger partial charge in [-0.05, 0) is 18.2 Å². The van der Waals surface area contributed by atoms with Crippen molar-refractivity contribution >= 4 is 5.82 Å². The van der Waals surface area contributed by atoms with Crippen LogP contribution in [-0.2, 0) is 0 Å². The predicted molar refractivity (Wildman–Crippen MR) is 73.9 cm³/mol. The molecular formula is C13H16N4O3. The average molecular weight is 276 g/mol. The molecule has 7 heteroatoms. The second-order valence-corrected chi connectivity index (χ2v) is 3.86. The molecule has 0 aliphatic carbocycles. The lowest BCUT2D eigenvalue weighted by molar-refractivity contribution is 0.311. The molecule has 7 nitrogen and oxygen atoms in total. The molecule has 106 valence electrons. The molecule has 0 saturated heterocycles. The molecule has 0 atom stereocenters. The Kier molecular flexibility index (Phi) is 4.67. The number of nitrogens with zero attached hydrogens (tertiary/aromatic N) is 3. The van der Waals surface area contributed by atoms with Crippen LogP contribution in [0.3, 0.4) is 0 Å². The summed E-state index contributed by atoms with van der Waals surface area (Å²) in [5.74, 6) is 1.50. The van der Waals surface area contributed by atoms with Crippen LogP contribution in [0, 0.1) is 0 Å². The molecule has 2 aromatic heterocycles. The van der Waals surface area contributed by atoms with E-state index in [1.165, 1.54) is 7.11 Å². The third-order valence-corrected chi connectivity index (χ3v) is 2.60. The lowest BCUT2D eigenvalue weighted by Crippen LogP contribution is -2.07. The Morgan fingerprint density at radius 1 is 1.10 bits per heavy atom. The minimum atomic E-state index is 0.0413. The number of hydrogen-bond donors (Lipinski definition) is 2. The maximum absolute atomic E-state index is 8.73. The van der Waals surface area contributed by atoms with Crippen molar-refractivity contribution in [2.75, 3.05) is 32.7 Å². The zero-order valence-electron chi connectivity index (χ0n) is 11.3. The van der Waals surface area contributed by atoms with E-state index in [-0.39, 0.29) is 6.61 Å². The number of hydrogen-bond acceptors (Lipinski definition) is 7. The maximum atomic E-state index is 8.73. The first-order valence-corrected chi connectivity index (χ1v) is 6.06. The molecule has 20 heavy (non-hydrogen) atoms. The second-order valence-electron chi connectivity index (χ2n) is 3.86. The summed E-state index contributed by atoms with van der Waals surface area (Å²) in [6.07, 6.45) is 0. The lowest BCUT2D eigenvalue weighted by Gasteiger charge is -2.08. The Balaban J connectivity index is 2.26. The summed E-state index contributed by atoms with van der Waals surface area (Å²) in [6, 6.07) is 7.13.